The number of hydrogen-bond acceptors (Lipinski definition) is 3. The fraction of sp³-hybridized carbons (Fsp3) is 0.222. The van der Waals surface area contributed by atoms with Crippen molar-refractivity contribution in [3.63, 3.8) is 0 Å². The zero-order chi connectivity index (χ0) is 9.42. The first-order valence-corrected chi connectivity index (χ1v) is 5.55. The lowest BCUT2D eigenvalue weighted by Crippen LogP contribution is -1.98. The van der Waals surface area contributed by atoms with Crippen molar-refractivity contribution in [1.82, 2.24) is 0 Å². The van der Waals surface area contributed by atoms with Crippen molar-refractivity contribution < 1.29 is 9.90 Å². The molecule has 0 aromatic carbocycles. The predicted molar refractivity (Wildman–Crippen MR) is 55.8 cm³/mol. The molecule has 0 aliphatic carbocycles. The van der Waals surface area contributed by atoms with Crippen LogP contribution in [0, 0.1) is 6.92 Å². The van der Waals surface area contributed by atoms with Gasteiger partial charge >= 0.3 is 5.97 Å². The van der Waals surface area contributed by atoms with Crippen molar-refractivity contribution in [3.8, 4) is 0 Å². The number of aliphatic carboxylic acids is 1. The van der Waals surface area contributed by atoms with Gasteiger partial charge in [0.15, 0.2) is 0 Å². The van der Waals surface area contributed by atoms with Crippen LogP contribution in [0.4, 0.5) is 0 Å². The van der Waals surface area contributed by atoms with Crippen LogP contribution in [0.15, 0.2) is 11.4 Å². The summed E-state index contributed by atoms with van der Waals surface area (Å²) in [5, 5.41) is 11.7. The second kappa shape index (κ2) is 3.12. The Morgan fingerprint density at radius 3 is 3.08 bits per heavy atom. The van der Waals surface area contributed by atoms with E-state index in [1.54, 1.807) is 22.7 Å². The van der Waals surface area contributed by atoms with Crippen LogP contribution in [0.5, 0.6) is 0 Å². The average Bonchev–Trinajstić information content (AvgIpc) is 2.51. The fourth-order valence-electron chi connectivity index (χ4n) is 1.29. The minimum Gasteiger partial charge on any atom is -0.481 e. The maximum absolute atomic E-state index is 10.5. The molecule has 0 spiro atoms. The molecular weight excluding hydrogens is 204 g/mol. The van der Waals surface area contributed by atoms with Crippen molar-refractivity contribution >= 4 is 38.0 Å². The van der Waals surface area contributed by atoms with Crippen LogP contribution in [0.3, 0.4) is 0 Å². The summed E-state index contributed by atoms with van der Waals surface area (Å²) in [6.45, 7) is 2.04. The zero-order valence-corrected chi connectivity index (χ0v) is 8.67. The number of carboxylic acid groups (broad SMARTS) is 1. The van der Waals surface area contributed by atoms with Gasteiger partial charge in [0.2, 0.25) is 0 Å². The summed E-state index contributed by atoms with van der Waals surface area (Å²) in [6.07, 6.45) is 0.135. The van der Waals surface area contributed by atoms with Gasteiger partial charge in [0.25, 0.3) is 0 Å². The lowest BCUT2D eigenvalue weighted by molar-refractivity contribution is -0.136. The van der Waals surface area contributed by atoms with E-state index in [1.807, 2.05) is 12.3 Å². The second-order valence-electron chi connectivity index (χ2n) is 2.89. The van der Waals surface area contributed by atoms with Crippen molar-refractivity contribution in [3.05, 3.63) is 21.9 Å². The number of fused-ring (bicyclic) bond motifs is 1. The summed E-state index contributed by atoms with van der Waals surface area (Å²) < 4.78 is 1.23. The van der Waals surface area contributed by atoms with Crippen LogP contribution in [0.2, 0.25) is 0 Å². The Morgan fingerprint density at radius 1 is 1.62 bits per heavy atom. The smallest absolute Gasteiger partial charge is 0.307 e. The van der Waals surface area contributed by atoms with Gasteiger partial charge in [-0.25, -0.2) is 0 Å². The van der Waals surface area contributed by atoms with Crippen LogP contribution in [0.1, 0.15) is 10.4 Å². The lowest BCUT2D eigenvalue weighted by atomic mass is 10.2. The molecule has 2 rings (SSSR count). The van der Waals surface area contributed by atoms with Gasteiger partial charge in [0.1, 0.15) is 0 Å². The number of thiophene rings is 2. The standard InChI is InChI=1S/C9H8O2S2/c1-5-2-7-6(3-8(10)11)4-12-9(7)13-5/h2,4H,3H2,1H3,(H,10,11). The van der Waals surface area contributed by atoms with Crippen LogP contribution in [-0.4, -0.2) is 11.1 Å². The molecule has 13 heavy (non-hydrogen) atoms. The molecule has 0 aliphatic rings. The van der Waals surface area contributed by atoms with Gasteiger partial charge in [-0.15, -0.1) is 22.7 Å². The van der Waals surface area contributed by atoms with Gasteiger partial charge in [-0.05, 0) is 23.9 Å². The molecule has 0 bridgehead atoms. The molecule has 2 nitrogen and oxygen atoms in total. The topological polar surface area (TPSA) is 37.3 Å². The Kier molecular flexibility index (Phi) is 2.09. The Morgan fingerprint density at radius 2 is 2.38 bits per heavy atom. The molecule has 0 atom stereocenters. The molecule has 0 saturated carbocycles. The zero-order valence-electron chi connectivity index (χ0n) is 7.03. The van der Waals surface area contributed by atoms with E-state index in [-0.39, 0.29) is 6.42 Å². The van der Waals surface area contributed by atoms with Crippen molar-refractivity contribution in [2.45, 2.75) is 13.3 Å². The molecule has 68 valence electrons. The van der Waals surface area contributed by atoms with Crippen LogP contribution in [-0.2, 0) is 11.2 Å². The summed E-state index contributed by atoms with van der Waals surface area (Å²) in [4.78, 5) is 11.8. The fourth-order valence-corrected chi connectivity index (χ4v) is 3.57. The minimum absolute atomic E-state index is 0.135. The largest absolute Gasteiger partial charge is 0.481 e. The first-order chi connectivity index (χ1) is 6.16. The van der Waals surface area contributed by atoms with E-state index < -0.39 is 5.97 Å². The van der Waals surface area contributed by atoms with Crippen LogP contribution in [0.25, 0.3) is 9.40 Å². The summed E-state index contributed by atoms with van der Waals surface area (Å²) >= 11 is 3.36. The van der Waals surface area contributed by atoms with E-state index in [9.17, 15) is 4.79 Å². The number of carbonyl (C=O) groups is 1. The van der Waals surface area contributed by atoms with E-state index >= 15 is 0 Å². The quantitative estimate of drug-likeness (QED) is 0.831. The van der Waals surface area contributed by atoms with Crippen LogP contribution >= 0.6 is 22.7 Å². The monoisotopic (exact) mass is 212 g/mol. The molecule has 4 heteroatoms. The number of rotatable bonds is 2. The van der Waals surface area contributed by atoms with Crippen molar-refractivity contribution in [2.24, 2.45) is 0 Å². The Labute approximate surface area is 83.4 Å². The van der Waals surface area contributed by atoms with Crippen molar-refractivity contribution in [1.29, 1.82) is 0 Å². The van der Waals surface area contributed by atoms with Gasteiger partial charge in [0, 0.05) is 10.3 Å². The lowest BCUT2D eigenvalue weighted by Gasteiger charge is -1.89. The second-order valence-corrected chi connectivity index (χ2v) is 5.28. The van der Waals surface area contributed by atoms with Gasteiger partial charge in [-0.2, -0.15) is 0 Å². The molecule has 0 saturated heterocycles. The third-order valence-electron chi connectivity index (χ3n) is 1.82. The number of carboxylic acids is 1. The predicted octanol–water partition coefficient (Wildman–Crippen LogP) is 2.90. The summed E-state index contributed by atoms with van der Waals surface area (Å²) in [5.74, 6) is -0.761. The summed E-state index contributed by atoms with van der Waals surface area (Å²) in [7, 11) is 0. The number of aryl methyl sites for hydroxylation is 1. The molecule has 2 aromatic rings. The highest BCUT2D eigenvalue weighted by Gasteiger charge is 2.09. The van der Waals surface area contributed by atoms with E-state index in [0.29, 0.717) is 0 Å². The molecule has 2 heterocycles. The molecule has 0 fully saturated rings. The molecule has 1 N–H and O–H groups in total. The minimum atomic E-state index is -0.761. The van der Waals surface area contributed by atoms with Crippen molar-refractivity contribution in [2.75, 3.05) is 0 Å². The summed E-state index contributed by atoms with van der Waals surface area (Å²) in [6, 6.07) is 2.06. The molecule has 2 aromatic heterocycles. The molecule has 0 unspecified atom stereocenters. The van der Waals surface area contributed by atoms with Gasteiger partial charge in [-0.3, -0.25) is 4.79 Å². The Balaban J connectivity index is 2.50. The maximum atomic E-state index is 10.5. The third kappa shape index (κ3) is 1.59. The average molecular weight is 212 g/mol. The van der Waals surface area contributed by atoms with E-state index in [0.717, 1.165) is 10.9 Å². The van der Waals surface area contributed by atoms with Gasteiger partial charge < -0.3 is 5.11 Å². The molecular formula is C9H8O2S2. The molecule has 0 amide bonds. The van der Waals surface area contributed by atoms with E-state index in [2.05, 4.69) is 6.07 Å². The van der Waals surface area contributed by atoms with Gasteiger partial charge in [-0.1, -0.05) is 0 Å². The first kappa shape index (κ1) is 8.72. The maximum Gasteiger partial charge on any atom is 0.307 e. The molecule has 0 radical (unpaired) electrons. The highest BCUT2D eigenvalue weighted by Crippen LogP contribution is 2.33. The normalized spacial score (nSPS) is 10.8. The Hall–Kier alpha value is -0.870. The third-order valence-corrected chi connectivity index (χ3v) is 4.04. The Bertz CT molecular complexity index is 453. The first-order valence-electron chi connectivity index (χ1n) is 3.85. The van der Waals surface area contributed by atoms with E-state index in [4.69, 9.17) is 5.11 Å². The van der Waals surface area contributed by atoms with E-state index in [1.165, 1.54) is 8.89 Å². The number of hydrogen-bond donors (Lipinski definition) is 1. The highest BCUT2D eigenvalue weighted by molar-refractivity contribution is 7.37. The van der Waals surface area contributed by atoms with Crippen LogP contribution < -0.4 is 0 Å². The SMILES string of the molecule is Cc1cc2c(CC(=O)O)csc2s1. The molecule has 0 aliphatic heterocycles. The van der Waals surface area contributed by atoms with Gasteiger partial charge in [0.05, 0.1) is 10.4 Å². The highest BCUT2D eigenvalue weighted by atomic mass is 32.2. The summed E-state index contributed by atoms with van der Waals surface area (Å²) in [5.41, 5.74) is 0.942.